The van der Waals surface area contributed by atoms with E-state index in [-0.39, 0.29) is 5.82 Å². The zero-order chi connectivity index (χ0) is 13.0. The predicted molar refractivity (Wildman–Crippen MR) is 72.3 cm³/mol. The number of pyridine rings is 1. The Morgan fingerprint density at radius 3 is 2.61 bits per heavy atom. The molecule has 1 aromatic heterocycles. The largest absolute Gasteiger partial charge is 0.357 e. The van der Waals surface area contributed by atoms with Crippen molar-refractivity contribution in [3.63, 3.8) is 0 Å². The minimum atomic E-state index is -0.275. The molecule has 0 atom stereocenters. The SMILES string of the molecule is CCNC1CCC(N(C)c2ccc(F)cn2)CC1. The van der Waals surface area contributed by atoms with Gasteiger partial charge >= 0.3 is 0 Å². The van der Waals surface area contributed by atoms with Gasteiger partial charge in [-0.15, -0.1) is 0 Å². The molecule has 3 nitrogen and oxygen atoms in total. The first-order chi connectivity index (χ1) is 8.70. The van der Waals surface area contributed by atoms with Gasteiger partial charge in [-0.25, -0.2) is 9.37 Å². The van der Waals surface area contributed by atoms with Crippen LogP contribution in [0.25, 0.3) is 0 Å². The quantitative estimate of drug-likeness (QED) is 0.891. The Morgan fingerprint density at radius 1 is 1.33 bits per heavy atom. The Bertz CT molecular complexity index is 358. The van der Waals surface area contributed by atoms with Crippen LogP contribution < -0.4 is 10.2 Å². The molecule has 1 aliphatic rings. The summed E-state index contributed by atoms with van der Waals surface area (Å²) in [7, 11) is 2.05. The highest BCUT2D eigenvalue weighted by molar-refractivity contribution is 5.38. The number of hydrogen-bond acceptors (Lipinski definition) is 3. The van der Waals surface area contributed by atoms with Gasteiger partial charge in [-0.2, -0.15) is 0 Å². The van der Waals surface area contributed by atoms with E-state index >= 15 is 0 Å². The first kappa shape index (κ1) is 13.3. The normalized spacial score (nSPS) is 23.9. The molecule has 0 radical (unpaired) electrons. The van der Waals surface area contributed by atoms with E-state index in [2.05, 4.69) is 29.2 Å². The van der Waals surface area contributed by atoms with E-state index in [9.17, 15) is 4.39 Å². The molecule has 2 rings (SSSR count). The minimum Gasteiger partial charge on any atom is -0.357 e. The van der Waals surface area contributed by atoms with Crippen molar-refractivity contribution in [3.05, 3.63) is 24.1 Å². The first-order valence-corrected chi connectivity index (χ1v) is 6.78. The molecule has 18 heavy (non-hydrogen) atoms. The molecule has 1 aliphatic carbocycles. The van der Waals surface area contributed by atoms with Gasteiger partial charge in [0.2, 0.25) is 0 Å². The molecule has 0 amide bonds. The predicted octanol–water partition coefficient (Wildman–Crippen LogP) is 2.58. The van der Waals surface area contributed by atoms with Crippen molar-refractivity contribution in [2.45, 2.75) is 44.7 Å². The Kier molecular flexibility index (Phi) is 4.53. The van der Waals surface area contributed by atoms with Crippen molar-refractivity contribution in [3.8, 4) is 0 Å². The molecule has 1 N–H and O–H groups in total. The minimum absolute atomic E-state index is 0.275. The number of nitrogens with one attached hydrogen (secondary N) is 1. The van der Waals surface area contributed by atoms with Crippen LogP contribution in [0.5, 0.6) is 0 Å². The highest BCUT2D eigenvalue weighted by Crippen LogP contribution is 2.25. The standard InChI is InChI=1S/C14H22FN3/c1-3-16-12-5-7-13(8-6-12)18(2)14-9-4-11(15)10-17-14/h4,9-10,12-13,16H,3,5-8H2,1-2H3. The molecule has 1 heterocycles. The summed E-state index contributed by atoms with van der Waals surface area (Å²) in [6, 6.07) is 4.42. The summed E-state index contributed by atoms with van der Waals surface area (Å²) in [5.41, 5.74) is 0. The summed E-state index contributed by atoms with van der Waals surface area (Å²) >= 11 is 0. The van der Waals surface area contributed by atoms with Gasteiger partial charge in [0.1, 0.15) is 11.6 Å². The molecule has 0 aliphatic heterocycles. The molecule has 1 aromatic rings. The van der Waals surface area contributed by atoms with Gasteiger partial charge < -0.3 is 10.2 Å². The van der Waals surface area contributed by atoms with Crippen LogP contribution in [0.3, 0.4) is 0 Å². The number of rotatable bonds is 4. The van der Waals surface area contributed by atoms with Crippen LogP contribution in [0.4, 0.5) is 10.2 Å². The molecule has 0 bridgehead atoms. The van der Waals surface area contributed by atoms with Gasteiger partial charge in [0, 0.05) is 19.1 Å². The van der Waals surface area contributed by atoms with Crippen molar-refractivity contribution in [2.75, 3.05) is 18.5 Å². The van der Waals surface area contributed by atoms with E-state index in [1.54, 1.807) is 6.07 Å². The van der Waals surface area contributed by atoms with Gasteiger partial charge in [-0.3, -0.25) is 0 Å². The molecular formula is C14H22FN3. The van der Waals surface area contributed by atoms with E-state index in [0.717, 1.165) is 12.4 Å². The zero-order valence-corrected chi connectivity index (χ0v) is 11.2. The van der Waals surface area contributed by atoms with E-state index < -0.39 is 0 Å². The Balaban J connectivity index is 1.91. The average molecular weight is 251 g/mol. The summed E-state index contributed by atoms with van der Waals surface area (Å²) in [5.74, 6) is 0.589. The molecule has 0 aromatic carbocycles. The van der Waals surface area contributed by atoms with Crippen molar-refractivity contribution in [2.24, 2.45) is 0 Å². The lowest BCUT2D eigenvalue weighted by Gasteiger charge is -2.35. The van der Waals surface area contributed by atoms with Crippen molar-refractivity contribution < 1.29 is 4.39 Å². The van der Waals surface area contributed by atoms with E-state index in [1.165, 1.54) is 37.9 Å². The maximum absolute atomic E-state index is 12.8. The van der Waals surface area contributed by atoms with Gasteiger partial charge in [-0.05, 0) is 44.4 Å². The van der Waals surface area contributed by atoms with E-state index in [4.69, 9.17) is 0 Å². The highest BCUT2D eigenvalue weighted by Gasteiger charge is 2.24. The average Bonchev–Trinajstić information content (AvgIpc) is 2.40. The second kappa shape index (κ2) is 6.14. The Labute approximate surface area is 108 Å². The summed E-state index contributed by atoms with van der Waals surface area (Å²) < 4.78 is 12.8. The number of nitrogens with zero attached hydrogens (tertiary/aromatic N) is 2. The van der Waals surface area contributed by atoms with Crippen LogP contribution in [0, 0.1) is 5.82 Å². The smallest absolute Gasteiger partial charge is 0.141 e. The van der Waals surface area contributed by atoms with Gasteiger partial charge in [0.15, 0.2) is 0 Å². The third-order valence-corrected chi connectivity index (χ3v) is 3.81. The molecular weight excluding hydrogens is 229 g/mol. The van der Waals surface area contributed by atoms with Gasteiger partial charge in [0.05, 0.1) is 6.20 Å². The second-order valence-corrected chi connectivity index (χ2v) is 5.01. The number of halogens is 1. The molecule has 0 unspecified atom stereocenters. The first-order valence-electron chi connectivity index (χ1n) is 6.78. The summed E-state index contributed by atoms with van der Waals surface area (Å²) in [4.78, 5) is 6.33. The topological polar surface area (TPSA) is 28.2 Å². The molecule has 0 spiro atoms. The summed E-state index contributed by atoms with van der Waals surface area (Å²) in [5, 5.41) is 3.51. The molecule has 1 saturated carbocycles. The molecule has 1 fully saturated rings. The fourth-order valence-electron chi connectivity index (χ4n) is 2.72. The number of anilines is 1. The third-order valence-electron chi connectivity index (χ3n) is 3.81. The molecule has 4 heteroatoms. The summed E-state index contributed by atoms with van der Waals surface area (Å²) in [6.07, 6.45) is 6.06. The lowest BCUT2D eigenvalue weighted by molar-refractivity contribution is 0.340. The zero-order valence-electron chi connectivity index (χ0n) is 11.2. The van der Waals surface area contributed by atoms with Crippen molar-refractivity contribution >= 4 is 5.82 Å². The van der Waals surface area contributed by atoms with Crippen LogP contribution in [-0.4, -0.2) is 30.7 Å². The van der Waals surface area contributed by atoms with Crippen LogP contribution in [-0.2, 0) is 0 Å². The maximum atomic E-state index is 12.8. The highest BCUT2D eigenvalue weighted by atomic mass is 19.1. The molecule has 100 valence electrons. The fourth-order valence-corrected chi connectivity index (χ4v) is 2.72. The third kappa shape index (κ3) is 3.19. The second-order valence-electron chi connectivity index (χ2n) is 5.01. The van der Waals surface area contributed by atoms with Crippen molar-refractivity contribution in [1.29, 1.82) is 0 Å². The van der Waals surface area contributed by atoms with Crippen LogP contribution >= 0.6 is 0 Å². The number of hydrogen-bond donors (Lipinski definition) is 1. The van der Waals surface area contributed by atoms with Gasteiger partial charge in [-0.1, -0.05) is 6.92 Å². The lowest BCUT2D eigenvalue weighted by atomic mass is 9.90. The molecule has 0 saturated heterocycles. The van der Waals surface area contributed by atoms with E-state index in [1.807, 2.05) is 0 Å². The van der Waals surface area contributed by atoms with E-state index in [0.29, 0.717) is 12.1 Å². The Hall–Kier alpha value is -1.16. The maximum Gasteiger partial charge on any atom is 0.141 e. The van der Waals surface area contributed by atoms with Gasteiger partial charge in [0.25, 0.3) is 0 Å². The summed E-state index contributed by atoms with van der Waals surface area (Å²) in [6.45, 7) is 3.20. The van der Waals surface area contributed by atoms with Crippen molar-refractivity contribution in [1.82, 2.24) is 10.3 Å². The fraction of sp³-hybridized carbons (Fsp3) is 0.643. The van der Waals surface area contributed by atoms with Crippen LogP contribution in [0.15, 0.2) is 18.3 Å². The lowest BCUT2D eigenvalue weighted by Crippen LogP contribution is -2.41. The Morgan fingerprint density at radius 2 is 2.06 bits per heavy atom. The van der Waals surface area contributed by atoms with Crippen LogP contribution in [0.1, 0.15) is 32.6 Å². The van der Waals surface area contributed by atoms with Crippen LogP contribution in [0.2, 0.25) is 0 Å². The number of aromatic nitrogens is 1. The monoisotopic (exact) mass is 251 g/mol.